The molecule has 0 aliphatic rings. The number of hydrogen-bond acceptors (Lipinski definition) is 5. The van der Waals surface area contributed by atoms with Gasteiger partial charge in [-0.25, -0.2) is 13.4 Å². The summed E-state index contributed by atoms with van der Waals surface area (Å²) in [6.07, 6.45) is 0. The van der Waals surface area contributed by atoms with Gasteiger partial charge in [0.25, 0.3) is 10.0 Å². The number of thiazole rings is 1. The first-order chi connectivity index (χ1) is 8.51. The van der Waals surface area contributed by atoms with E-state index in [1.54, 1.807) is 18.4 Å². The molecule has 0 aliphatic heterocycles. The van der Waals surface area contributed by atoms with Crippen LogP contribution in [0.2, 0.25) is 0 Å². The van der Waals surface area contributed by atoms with Crippen molar-refractivity contribution in [1.29, 1.82) is 5.26 Å². The molecule has 5 nitrogen and oxygen atoms in total. The van der Waals surface area contributed by atoms with E-state index < -0.39 is 10.0 Å². The number of aryl methyl sites for hydroxylation is 1. The summed E-state index contributed by atoms with van der Waals surface area (Å²) in [7, 11) is -3.69. The van der Waals surface area contributed by atoms with Crippen LogP contribution in [0.15, 0.2) is 34.5 Å². The SMILES string of the molecule is Cc1csc(NS(=O)(=O)c2cccc(C#N)c2)n1. The zero-order chi connectivity index (χ0) is 13.2. The average molecular weight is 279 g/mol. The molecule has 0 bridgehead atoms. The maximum Gasteiger partial charge on any atom is 0.263 e. The van der Waals surface area contributed by atoms with Crippen molar-refractivity contribution in [2.45, 2.75) is 11.8 Å². The summed E-state index contributed by atoms with van der Waals surface area (Å²) >= 11 is 1.21. The van der Waals surface area contributed by atoms with Crippen LogP contribution in [0, 0.1) is 18.3 Å². The lowest BCUT2D eigenvalue weighted by Crippen LogP contribution is -2.12. The highest BCUT2D eigenvalue weighted by Gasteiger charge is 2.16. The predicted octanol–water partition coefficient (Wildman–Crippen LogP) is 2.12. The normalized spacial score (nSPS) is 10.9. The van der Waals surface area contributed by atoms with Crippen molar-refractivity contribution in [3.05, 3.63) is 40.9 Å². The number of rotatable bonds is 3. The van der Waals surface area contributed by atoms with Crippen molar-refractivity contribution < 1.29 is 8.42 Å². The Hall–Kier alpha value is -1.91. The van der Waals surface area contributed by atoms with Gasteiger partial charge in [-0.05, 0) is 25.1 Å². The summed E-state index contributed by atoms with van der Waals surface area (Å²) in [6.45, 7) is 1.78. The number of anilines is 1. The van der Waals surface area contributed by atoms with Gasteiger partial charge in [-0.2, -0.15) is 5.26 Å². The maximum atomic E-state index is 12.0. The van der Waals surface area contributed by atoms with Gasteiger partial charge in [0.1, 0.15) is 0 Å². The molecule has 0 aliphatic carbocycles. The lowest BCUT2D eigenvalue weighted by Gasteiger charge is -2.04. The third-order valence-electron chi connectivity index (χ3n) is 2.11. The molecule has 1 aromatic heterocycles. The Morgan fingerprint density at radius 3 is 2.83 bits per heavy atom. The quantitative estimate of drug-likeness (QED) is 0.932. The Morgan fingerprint density at radius 1 is 1.44 bits per heavy atom. The Balaban J connectivity index is 2.34. The number of nitrogens with one attached hydrogen (secondary N) is 1. The fraction of sp³-hybridized carbons (Fsp3) is 0.0909. The summed E-state index contributed by atoms with van der Waals surface area (Å²) in [5, 5.41) is 10.8. The van der Waals surface area contributed by atoms with Crippen molar-refractivity contribution in [1.82, 2.24) is 4.98 Å². The molecule has 0 atom stereocenters. The van der Waals surface area contributed by atoms with Crippen molar-refractivity contribution in [3.8, 4) is 6.07 Å². The van der Waals surface area contributed by atoms with Crippen LogP contribution >= 0.6 is 11.3 Å². The fourth-order valence-corrected chi connectivity index (χ4v) is 3.29. The summed E-state index contributed by atoms with van der Waals surface area (Å²) < 4.78 is 26.4. The number of benzene rings is 1. The van der Waals surface area contributed by atoms with Crippen LogP contribution in [0.4, 0.5) is 5.13 Å². The Kier molecular flexibility index (Phi) is 3.32. The third-order valence-corrected chi connectivity index (χ3v) is 4.46. The highest BCUT2D eigenvalue weighted by atomic mass is 32.2. The minimum atomic E-state index is -3.69. The van der Waals surface area contributed by atoms with Crippen LogP contribution in [0.1, 0.15) is 11.3 Å². The van der Waals surface area contributed by atoms with E-state index in [0.717, 1.165) is 5.69 Å². The molecule has 0 unspecified atom stereocenters. The summed E-state index contributed by atoms with van der Waals surface area (Å²) in [4.78, 5) is 4.08. The predicted molar refractivity (Wildman–Crippen MR) is 68.8 cm³/mol. The first-order valence-corrected chi connectivity index (χ1v) is 7.33. The van der Waals surface area contributed by atoms with Crippen molar-refractivity contribution >= 4 is 26.5 Å². The van der Waals surface area contributed by atoms with Gasteiger partial charge in [0, 0.05) is 5.38 Å². The summed E-state index contributed by atoms with van der Waals surface area (Å²) in [6, 6.07) is 7.73. The van der Waals surface area contributed by atoms with Gasteiger partial charge < -0.3 is 0 Å². The summed E-state index contributed by atoms with van der Waals surface area (Å²) in [5.41, 5.74) is 1.05. The molecular formula is C11H9N3O2S2. The molecule has 1 aromatic carbocycles. The fourth-order valence-electron chi connectivity index (χ4n) is 1.31. The standard InChI is InChI=1S/C11H9N3O2S2/c1-8-7-17-11(13-8)14-18(15,16)10-4-2-3-9(5-10)6-12/h2-5,7H,1H3,(H,13,14). The molecule has 18 heavy (non-hydrogen) atoms. The minimum absolute atomic E-state index is 0.0504. The number of sulfonamides is 1. The molecule has 92 valence electrons. The number of hydrogen-bond donors (Lipinski definition) is 1. The van der Waals surface area contributed by atoms with E-state index in [1.165, 1.54) is 29.5 Å². The van der Waals surface area contributed by atoms with E-state index >= 15 is 0 Å². The van der Waals surface area contributed by atoms with Crippen molar-refractivity contribution in [2.75, 3.05) is 4.72 Å². The van der Waals surface area contributed by atoms with Gasteiger partial charge in [0.2, 0.25) is 0 Å². The molecule has 0 saturated carbocycles. The number of aromatic nitrogens is 1. The first kappa shape index (κ1) is 12.5. The lowest BCUT2D eigenvalue weighted by atomic mass is 10.2. The Morgan fingerprint density at radius 2 is 2.22 bits per heavy atom. The van der Waals surface area contributed by atoms with Crippen LogP contribution in [-0.2, 0) is 10.0 Å². The Bertz CT molecular complexity index is 714. The molecule has 0 radical (unpaired) electrons. The van der Waals surface area contributed by atoms with Gasteiger partial charge in [-0.3, -0.25) is 4.72 Å². The van der Waals surface area contributed by atoms with Crippen LogP contribution in [0.3, 0.4) is 0 Å². The summed E-state index contributed by atoms with van der Waals surface area (Å²) in [5.74, 6) is 0. The lowest BCUT2D eigenvalue weighted by molar-refractivity contribution is 0.601. The zero-order valence-corrected chi connectivity index (χ0v) is 11.0. The van der Waals surface area contributed by atoms with Gasteiger partial charge in [0.05, 0.1) is 22.2 Å². The Labute approximate surface area is 109 Å². The van der Waals surface area contributed by atoms with Gasteiger partial charge in [0.15, 0.2) is 5.13 Å². The second kappa shape index (κ2) is 4.76. The smallest absolute Gasteiger partial charge is 0.255 e. The highest BCUT2D eigenvalue weighted by Crippen LogP contribution is 2.20. The molecule has 2 aromatic rings. The second-order valence-electron chi connectivity index (χ2n) is 3.54. The molecule has 0 amide bonds. The highest BCUT2D eigenvalue weighted by molar-refractivity contribution is 7.93. The second-order valence-corrected chi connectivity index (χ2v) is 6.08. The molecule has 0 spiro atoms. The molecule has 1 N–H and O–H groups in total. The van der Waals surface area contributed by atoms with Crippen LogP contribution < -0.4 is 4.72 Å². The van der Waals surface area contributed by atoms with E-state index in [4.69, 9.17) is 5.26 Å². The minimum Gasteiger partial charge on any atom is -0.255 e. The first-order valence-electron chi connectivity index (χ1n) is 4.96. The monoisotopic (exact) mass is 279 g/mol. The van der Waals surface area contributed by atoms with Gasteiger partial charge in [-0.15, -0.1) is 11.3 Å². The average Bonchev–Trinajstić information content (AvgIpc) is 2.74. The molecule has 2 rings (SSSR count). The molecule has 0 fully saturated rings. The van der Waals surface area contributed by atoms with Gasteiger partial charge in [-0.1, -0.05) is 6.07 Å². The van der Waals surface area contributed by atoms with E-state index in [0.29, 0.717) is 10.7 Å². The largest absolute Gasteiger partial charge is 0.263 e. The van der Waals surface area contributed by atoms with Crippen molar-refractivity contribution in [3.63, 3.8) is 0 Å². The maximum absolute atomic E-state index is 12.0. The van der Waals surface area contributed by atoms with E-state index in [2.05, 4.69) is 9.71 Å². The van der Waals surface area contributed by atoms with E-state index in [-0.39, 0.29) is 4.90 Å². The van der Waals surface area contributed by atoms with Crippen molar-refractivity contribution in [2.24, 2.45) is 0 Å². The molecule has 0 saturated heterocycles. The topological polar surface area (TPSA) is 82.9 Å². The van der Waals surface area contributed by atoms with E-state index in [9.17, 15) is 8.42 Å². The number of nitriles is 1. The van der Waals surface area contributed by atoms with Crippen LogP contribution in [-0.4, -0.2) is 13.4 Å². The number of nitrogens with zero attached hydrogens (tertiary/aromatic N) is 2. The zero-order valence-electron chi connectivity index (χ0n) is 9.41. The van der Waals surface area contributed by atoms with Crippen LogP contribution in [0.25, 0.3) is 0 Å². The van der Waals surface area contributed by atoms with Gasteiger partial charge >= 0.3 is 0 Å². The van der Waals surface area contributed by atoms with E-state index in [1.807, 2.05) is 6.07 Å². The molecular weight excluding hydrogens is 270 g/mol. The third kappa shape index (κ3) is 2.67. The molecule has 1 heterocycles. The molecule has 7 heteroatoms. The van der Waals surface area contributed by atoms with Crippen LogP contribution in [0.5, 0.6) is 0 Å².